The van der Waals surface area contributed by atoms with Crippen molar-refractivity contribution in [1.82, 2.24) is 0 Å². The number of nitrogens with two attached hydrogens (primary N) is 1. The smallest absolute Gasteiger partial charge is 0.104 e. The standard InChI is InChI=1S/C8H8BrNS/c1-5-2-3-6(8(10)11)4-7(5)9/h2-4H,1H3,(H2,10,11). The van der Waals surface area contributed by atoms with Crippen LogP contribution in [-0.2, 0) is 0 Å². The van der Waals surface area contributed by atoms with Crippen molar-refractivity contribution in [2.45, 2.75) is 6.92 Å². The third-order valence-corrected chi connectivity index (χ3v) is 2.55. The summed E-state index contributed by atoms with van der Waals surface area (Å²) in [6.45, 7) is 2.02. The third kappa shape index (κ3) is 2.01. The molecule has 1 aromatic carbocycles. The summed E-state index contributed by atoms with van der Waals surface area (Å²) >= 11 is 8.22. The molecule has 0 radical (unpaired) electrons. The van der Waals surface area contributed by atoms with Gasteiger partial charge in [0, 0.05) is 10.0 Å². The van der Waals surface area contributed by atoms with Gasteiger partial charge in [-0.3, -0.25) is 0 Å². The van der Waals surface area contributed by atoms with Crippen LogP contribution in [0.1, 0.15) is 11.1 Å². The molecular weight excluding hydrogens is 222 g/mol. The molecule has 0 amide bonds. The summed E-state index contributed by atoms with van der Waals surface area (Å²) in [7, 11) is 0. The van der Waals surface area contributed by atoms with E-state index in [0.29, 0.717) is 4.99 Å². The van der Waals surface area contributed by atoms with Crippen LogP contribution in [0.25, 0.3) is 0 Å². The lowest BCUT2D eigenvalue weighted by atomic mass is 10.1. The Labute approximate surface area is 79.7 Å². The van der Waals surface area contributed by atoms with E-state index in [-0.39, 0.29) is 0 Å². The first-order valence-corrected chi connectivity index (χ1v) is 4.37. The van der Waals surface area contributed by atoms with Gasteiger partial charge in [0.1, 0.15) is 4.99 Å². The van der Waals surface area contributed by atoms with Crippen molar-refractivity contribution in [2.24, 2.45) is 5.73 Å². The summed E-state index contributed by atoms with van der Waals surface area (Å²) in [5.41, 5.74) is 7.53. The van der Waals surface area contributed by atoms with Crippen LogP contribution < -0.4 is 5.73 Å². The summed E-state index contributed by atoms with van der Waals surface area (Å²) in [5.74, 6) is 0. The molecule has 0 heterocycles. The molecule has 11 heavy (non-hydrogen) atoms. The lowest BCUT2D eigenvalue weighted by molar-refractivity contribution is 1.42. The highest BCUT2D eigenvalue weighted by Gasteiger charge is 1.98. The Hall–Kier alpha value is -0.410. The second-order valence-electron chi connectivity index (χ2n) is 2.33. The van der Waals surface area contributed by atoms with E-state index in [0.717, 1.165) is 10.0 Å². The van der Waals surface area contributed by atoms with Gasteiger partial charge in [0.25, 0.3) is 0 Å². The molecule has 0 saturated heterocycles. The van der Waals surface area contributed by atoms with Gasteiger partial charge in [-0.15, -0.1) is 0 Å². The summed E-state index contributed by atoms with van der Waals surface area (Å²) < 4.78 is 1.04. The van der Waals surface area contributed by atoms with E-state index in [1.54, 1.807) is 0 Å². The zero-order valence-corrected chi connectivity index (χ0v) is 8.50. The van der Waals surface area contributed by atoms with Crippen LogP contribution in [0.4, 0.5) is 0 Å². The van der Waals surface area contributed by atoms with Crippen molar-refractivity contribution >= 4 is 33.1 Å². The third-order valence-electron chi connectivity index (χ3n) is 1.46. The molecule has 0 aromatic heterocycles. The minimum atomic E-state index is 0.436. The molecular formula is C8H8BrNS. The number of thiocarbonyl (C=S) groups is 1. The molecule has 3 heteroatoms. The number of aryl methyl sites for hydroxylation is 1. The molecule has 1 nitrogen and oxygen atoms in total. The largest absolute Gasteiger partial charge is 0.389 e. The average Bonchev–Trinajstić information content (AvgIpc) is 1.94. The second-order valence-corrected chi connectivity index (χ2v) is 3.62. The van der Waals surface area contributed by atoms with Crippen molar-refractivity contribution in [3.63, 3.8) is 0 Å². The molecule has 0 fully saturated rings. The Bertz CT molecular complexity index is 296. The van der Waals surface area contributed by atoms with Gasteiger partial charge in [-0.2, -0.15) is 0 Å². The van der Waals surface area contributed by atoms with E-state index in [2.05, 4.69) is 15.9 Å². The highest BCUT2D eigenvalue weighted by atomic mass is 79.9. The van der Waals surface area contributed by atoms with Gasteiger partial charge in [-0.1, -0.05) is 40.3 Å². The van der Waals surface area contributed by atoms with E-state index in [9.17, 15) is 0 Å². The first-order chi connectivity index (χ1) is 5.11. The Kier molecular flexibility index (Phi) is 2.62. The van der Waals surface area contributed by atoms with Crippen molar-refractivity contribution in [1.29, 1.82) is 0 Å². The number of benzene rings is 1. The SMILES string of the molecule is Cc1ccc(C(N)=S)cc1Br. The first kappa shape index (κ1) is 8.68. The van der Waals surface area contributed by atoms with Gasteiger partial charge in [0.15, 0.2) is 0 Å². The molecule has 0 unspecified atom stereocenters. The van der Waals surface area contributed by atoms with E-state index in [1.165, 1.54) is 5.56 Å². The Balaban J connectivity index is 3.15. The lowest BCUT2D eigenvalue weighted by Crippen LogP contribution is -2.08. The van der Waals surface area contributed by atoms with Gasteiger partial charge in [-0.25, -0.2) is 0 Å². The monoisotopic (exact) mass is 229 g/mol. The number of hydrogen-bond acceptors (Lipinski definition) is 1. The van der Waals surface area contributed by atoms with Crippen molar-refractivity contribution in [3.8, 4) is 0 Å². The van der Waals surface area contributed by atoms with Crippen LogP contribution in [0.5, 0.6) is 0 Å². The maximum Gasteiger partial charge on any atom is 0.104 e. The summed E-state index contributed by atoms with van der Waals surface area (Å²) in [6, 6.07) is 5.83. The normalized spacial score (nSPS) is 9.64. The van der Waals surface area contributed by atoms with E-state index >= 15 is 0 Å². The highest BCUT2D eigenvalue weighted by molar-refractivity contribution is 9.10. The van der Waals surface area contributed by atoms with Crippen molar-refractivity contribution in [3.05, 3.63) is 33.8 Å². The molecule has 0 saturated carbocycles. The highest BCUT2D eigenvalue weighted by Crippen LogP contribution is 2.17. The molecule has 0 spiro atoms. The molecule has 0 atom stereocenters. The van der Waals surface area contributed by atoms with Crippen LogP contribution in [0.2, 0.25) is 0 Å². The molecule has 0 bridgehead atoms. The van der Waals surface area contributed by atoms with E-state index in [4.69, 9.17) is 18.0 Å². The van der Waals surface area contributed by atoms with Crippen LogP contribution in [0.15, 0.2) is 22.7 Å². The minimum absolute atomic E-state index is 0.436. The first-order valence-electron chi connectivity index (χ1n) is 3.17. The minimum Gasteiger partial charge on any atom is -0.389 e. The Morgan fingerprint density at radius 1 is 1.55 bits per heavy atom. The Morgan fingerprint density at radius 3 is 2.64 bits per heavy atom. The molecule has 0 aliphatic heterocycles. The molecule has 0 aliphatic carbocycles. The summed E-state index contributed by atoms with van der Waals surface area (Å²) in [5, 5.41) is 0. The predicted octanol–water partition coefficient (Wildman–Crippen LogP) is 2.39. The van der Waals surface area contributed by atoms with Gasteiger partial charge in [0.05, 0.1) is 0 Å². The van der Waals surface area contributed by atoms with Gasteiger partial charge in [-0.05, 0) is 18.6 Å². The zero-order chi connectivity index (χ0) is 8.43. The van der Waals surface area contributed by atoms with Gasteiger partial charge < -0.3 is 5.73 Å². The quantitative estimate of drug-likeness (QED) is 0.749. The molecule has 58 valence electrons. The van der Waals surface area contributed by atoms with Crippen LogP contribution in [0, 0.1) is 6.92 Å². The Morgan fingerprint density at radius 2 is 2.18 bits per heavy atom. The van der Waals surface area contributed by atoms with Crippen LogP contribution in [0.3, 0.4) is 0 Å². The van der Waals surface area contributed by atoms with Gasteiger partial charge in [0.2, 0.25) is 0 Å². The topological polar surface area (TPSA) is 26.0 Å². The predicted molar refractivity (Wildman–Crippen MR) is 54.8 cm³/mol. The van der Waals surface area contributed by atoms with E-state index < -0.39 is 0 Å². The average molecular weight is 230 g/mol. The fourth-order valence-electron chi connectivity index (χ4n) is 0.746. The van der Waals surface area contributed by atoms with Gasteiger partial charge >= 0.3 is 0 Å². The number of hydrogen-bond donors (Lipinski definition) is 1. The number of rotatable bonds is 1. The van der Waals surface area contributed by atoms with Crippen molar-refractivity contribution < 1.29 is 0 Å². The van der Waals surface area contributed by atoms with Crippen LogP contribution >= 0.6 is 28.1 Å². The maximum absolute atomic E-state index is 5.44. The number of halogens is 1. The zero-order valence-electron chi connectivity index (χ0n) is 6.10. The summed E-state index contributed by atoms with van der Waals surface area (Å²) in [4.78, 5) is 0.436. The fraction of sp³-hybridized carbons (Fsp3) is 0.125. The molecule has 1 rings (SSSR count). The summed E-state index contributed by atoms with van der Waals surface area (Å²) in [6.07, 6.45) is 0. The molecule has 2 N–H and O–H groups in total. The van der Waals surface area contributed by atoms with E-state index in [1.807, 2.05) is 25.1 Å². The lowest BCUT2D eigenvalue weighted by Gasteiger charge is -2.00. The molecule has 0 aliphatic rings. The van der Waals surface area contributed by atoms with Crippen LogP contribution in [-0.4, -0.2) is 4.99 Å². The maximum atomic E-state index is 5.44. The molecule has 1 aromatic rings. The second kappa shape index (κ2) is 3.32. The fourth-order valence-corrected chi connectivity index (χ4v) is 1.25. The van der Waals surface area contributed by atoms with Crippen molar-refractivity contribution in [2.75, 3.05) is 0 Å².